The maximum atomic E-state index is 13.6. The van der Waals surface area contributed by atoms with E-state index < -0.39 is 0 Å². The van der Waals surface area contributed by atoms with E-state index in [1.54, 1.807) is 21.1 Å². The van der Waals surface area contributed by atoms with Crippen molar-refractivity contribution in [2.24, 2.45) is 23.7 Å². The van der Waals surface area contributed by atoms with Crippen molar-refractivity contribution >= 4 is 18.2 Å². The number of amides is 1. The number of Topliss-reactive ketones (excluding diaryl/α,β-unsaturated/α-hetero) is 1. The second-order valence-electron chi connectivity index (χ2n) is 12.5. The molecule has 1 aromatic rings. The van der Waals surface area contributed by atoms with Gasteiger partial charge in [-0.15, -0.1) is 0 Å². The van der Waals surface area contributed by atoms with Gasteiger partial charge in [0.05, 0.1) is 31.3 Å². The summed E-state index contributed by atoms with van der Waals surface area (Å²) in [5, 5.41) is 0. The molecule has 2 aliphatic rings. The standard InChI is InChI=1S/C31H49NO4.C3H6O2.C3H8.2C2H6.CH4/c1-7-13-25(21(3)8-2)29(35-5)20-30(34)32-17-12-16-27(32)31(36-6)22(4)28(33)19-24-18-26(24)23-14-10-9-11-15-23;1-2-5-3-4;1-3-2;2*1-2;/h9-11,14-15,21-22,24-27,29,31H,7-8,12-13,16-20H2,1-6H3;3H,2H2,1H3;3H2,1-2H3;2*1-2H3;1H4/t21?,22?,24-,25+,26-,27?,29?,31?;;;;;/m1...../s1. The van der Waals surface area contributed by atoms with Crippen LogP contribution in [0.25, 0.3) is 0 Å². The largest absolute Gasteiger partial charge is 0.468 e. The first-order chi connectivity index (χ1) is 23.2. The van der Waals surface area contributed by atoms with Crippen molar-refractivity contribution in [1.29, 1.82) is 0 Å². The van der Waals surface area contributed by atoms with Crippen LogP contribution < -0.4 is 0 Å². The zero-order valence-electron chi connectivity index (χ0n) is 33.3. The van der Waals surface area contributed by atoms with Gasteiger partial charge >= 0.3 is 0 Å². The molecular weight excluding hydrogens is 614 g/mol. The van der Waals surface area contributed by atoms with E-state index in [4.69, 9.17) is 9.47 Å². The maximum Gasteiger partial charge on any atom is 0.293 e. The number of benzene rings is 1. The number of ether oxygens (including phenoxy) is 3. The number of carbonyl (C=O) groups is 3. The molecule has 1 saturated carbocycles. The Kier molecular flexibility index (Phi) is 33.1. The molecule has 5 unspecified atom stereocenters. The highest BCUT2D eigenvalue weighted by atomic mass is 16.5. The molecule has 49 heavy (non-hydrogen) atoms. The molecule has 0 spiro atoms. The summed E-state index contributed by atoms with van der Waals surface area (Å²) in [4.78, 5) is 38.0. The second-order valence-corrected chi connectivity index (χ2v) is 12.5. The molecule has 8 atom stereocenters. The average Bonchev–Trinajstić information content (AvgIpc) is 3.72. The third kappa shape index (κ3) is 18.5. The van der Waals surface area contributed by atoms with Crippen molar-refractivity contribution in [1.82, 2.24) is 4.90 Å². The summed E-state index contributed by atoms with van der Waals surface area (Å²) < 4.78 is 16.0. The number of likely N-dealkylation sites (tertiary alicyclic amines) is 1. The minimum absolute atomic E-state index is 0. The van der Waals surface area contributed by atoms with Gasteiger partial charge < -0.3 is 19.1 Å². The van der Waals surface area contributed by atoms with Crippen molar-refractivity contribution in [3.8, 4) is 0 Å². The fourth-order valence-corrected chi connectivity index (χ4v) is 6.59. The number of methoxy groups -OCH3 is 2. The van der Waals surface area contributed by atoms with Crippen LogP contribution in [0.2, 0.25) is 0 Å². The minimum Gasteiger partial charge on any atom is -0.468 e. The lowest BCUT2D eigenvalue weighted by molar-refractivity contribution is -0.142. The van der Waals surface area contributed by atoms with Crippen LogP contribution in [0.15, 0.2) is 30.3 Å². The van der Waals surface area contributed by atoms with Crippen molar-refractivity contribution in [3.05, 3.63) is 35.9 Å². The number of ketones is 1. The Labute approximate surface area is 303 Å². The van der Waals surface area contributed by atoms with Gasteiger partial charge in [-0.25, -0.2) is 0 Å². The van der Waals surface area contributed by atoms with E-state index >= 15 is 0 Å². The van der Waals surface area contributed by atoms with Crippen LogP contribution in [0.3, 0.4) is 0 Å². The van der Waals surface area contributed by atoms with Crippen molar-refractivity contribution in [2.75, 3.05) is 27.4 Å². The number of rotatable bonds is 17. The summed E-state index contributed by atoms with van der Waals surface area (Å²) in [6.07, 6.45) is 8.09. The van der Waals surface area contributed by atoms with Gasteiger partial charge in [-0.2, -0.15) is 0 Å². The first-order valence-electron chi connectivity index (χ1n) is 19.2. The van der Waals surface area contributed by atoms with Crippen molar-refractivity contribution in [2.45, 2.75) is 166 Å². The number of nitrogens with zero attached hydrogens (tertiary/aromatic N) is 1. The van der Waals surface area contributed by atoms with E-state index in [1.165, 1.54) is 12.0 Å². The molecule has 1 heterocycles. The SMILES string of the molecule is C.CC.CC.CCC.CCC[C@@H](C(C)CC)C(CC(=O)N1CCCC1C(OC)C(C)C(=O)C[C@H]1C[C@@H]1c1ccccc1)OC.CCOC=O. The lowest BCUT2D eigenvalue weighted by Gasteiger charge is -2.36. The van der Waals surface area contributed by atoms with E-state index in [0.717, 1.165) is 45.1 Å². The quantitative estimate of drug-likeness (QED) is 0.151. The molecule has 0 bridgehead atoms. The molecule has 1 saturated heterocycles. The Bertz CT molecular complexity index is 925. The molecule has 7 heteroatoms. The summed E-state index contributed by atoms with van der Waals surface area (Å²) in [6, 6.07) is 10.5. The van der Waals surface area contributed by atoms with Gasteiger partial charge in [0.15, 0.2) is 0 Å². The lowest BCUT2D eigenvalue weighted by atomic mass is 9.82. The van der Waals surface area contributed by atoms with Crippen LogP contribution in [0.4, 0.5) is 0 Å². The summed E-state index contributed by atoms with van der Waals surface area (Å²) in [6.45, 7) is 24.3. The number of carbonyl (C=O) groups excluding carboxylic acids is 3. The molecule has 1 aliphatic carbocycles. The molecule has 1 aromatic carbocycles. The third-order valence-corrected chi connectivity index (χ3v) is 9.27. The Morgan fingerprint density at radius 2 is 1.55 bits per heavy atom. The van der Waals surface area contributed by atoms with Gasteiger partial charge in [0, 0.05) is 33.1 Å². The highest BCUT2D eigenvalue weighted by Gasteiger charge is 2.44. The Morgan fingerprint density at radius 1 is 0.959 bits per heavy atom. The molecule has 0 aromatic heterocycles. The summed E-state index contributed by atoms with van der Waals surface area (Å²) >= 11 is 0. The van der Waals surface area contributed by atoms with Crippen LogP contribution in [0.1, 0.15) is 153 Å². The normalized spacial score (nSPS) is 20.2. The fourth-order valence-electron chi connectivity index (χ4n) is 6.59. The van der Waals surface area contributed by atoms with E-state index in [1.807, 2.05) is 45.6 Å². The number of hydrogen-bond acceptors (Lipinski definition) is 6. The molecular formula is C42H79NO6. The fraction of sp³-hybridized carbons (Fsp3) is 0.786. The minimum atomic E-state index is -0.264. The molecule has 0 N–H and O–H groups in total. The van der Waals surface area contributed by atoms with Crippen LogP contribution in [-0.4, -0.2) is 68.7 Å². The van der Waals surface area contributed by atoms with Gasteiger partial charge in [0.1, 0.15) is 5.78 Å². The van der Waals surface area contributed by atoms with Crippen molar-refractivity contribution in [3.63, 3.8) is 0 Å². The average molecular weight is 694 g/mol. The maximum absolute atomic E-state index is 13.6. The molecule has 1 amide bonds. The first-order valence-corrected chi connectivity index (χ1v) is 19.2. The highest BCUT2D eigenvalue weighted by molar-refractivity contribution is 5.82. The topological polar surface area (TPSA) is 82.1 Å². The van der Waals surface area contributed by atoms with E-state index in [2.05, 4.69) is 63.6 Å². The van der Waals surface area contributed by atoms with Gasteiger partial charge in [-0.3, -0.25) is 14.4 Å². The second kappa shape index (κ2) is 31.7. The molecule has 7 nitrogen and oxygen atoms in total. The van der Waals surface area contributed by atoms with Crippen molar-refractivity contribution < 1.29 is 28.6 Å². The van der Waals surface area contributed by atoms with Crippen LogP contribution in [0, 0.1) is 23.7 Å². The van der Waals surface area contributed by atoms with Gasteiger partial charge in [0.25, 0.3) is 6.47 Å². The zero-order chi connectivity index (χ0) is 37.1. The highest BCUT2D eigenvalue weighted by Crippen LogP contribution is 2.50. The van der Waals surface area contributed by atoms with Gasteiger partial charge in [0.2, 0.25) is 5.91 Å². The van der Waals surface area contributed by atoms with Gasteiger partial charge in [-0.05, 0) is 61.8 Å². The van der Waals surface area contributed by atoms with E-state index in [-0.39, 0.29) is 43.3 Å². The molecule has 288 valence electrons. The monoisotopic (exact) mass is 694 g/mol. The summed E-state index contributed by atoms with van der Waals surface area (Å²) in [5.41, 5.74) is 1.34. The Balaban J connectivity index is -0.00000143. The van der Waals surface area contributed by atoms with Crippen LogP contribution in [0.5, 0.6) is 0 Å². The van der Waals surface area contributed by atoms with Crippen LogP contribution in [-0.2, 0) is 28.6 Å². The smallest absolute Gasteiger partial charge is 0.293 e. The predicted molar refractivity (Wildman–Crippen MR) is 208 cm³/mol. The van der Waals surface area contributed by atoms with Crippen LogP contribution >= 0.6 is 0 Å². The summed E-state index contributed by atoms with van der Waals surface area (Å²) in [7, 11) is 3.43. The van der Waals surface area contributed by atoms with E-state index in [9.17, 15) is 14.4 Å². The third-order valence-electron chi connectivity index (χ3n) is 9.27. The van der Waals surface area contributed by atoms with E-state index in [0.29, 0.717) is 49.6 Å². The summed E-state index contributed by atoms with van der Waals surface area (Å²) in [5.74, 6) is 2.01. The number of hydrogen-bond donors (Lipinski definition) is 0. The Morgan fingerprint density at radius 3 is 2.00 bits per heavy atom. The van der Waals surface area contributed by atoms with Gasteiger partial charge in [-0.1, -0.05) is 126 Å². The molecule has 1 aliphatic heterocycles. The lowest BCUT2D eigenvalue weighted by Crippen LogP contribution is -2.49. The first kappa shape index (κ1) is 51.1. The molecule has 0 radical (unpaired) electrons. The molecule has 2 fully saturated rings. The Hall–Kier alpha value is -2.25. The zero-order valence-corrected chi connectivity index (χ0v) is 33.3. The molecule has 3 rings (SSSR count). The predicted octanol–water partition coefficient (Wildman–Crippen LogP) is 10.5.